The lowest BCUT2D eigenvalue weighted by molar-refractivity contribution is 0.355. The van der Waals surface area contributed by atoms with Gasteiger partial charge in [-0.05, 0) is 56.9 Å². The Labute approximate surface area is 175 Å². The molecule has 0 atom stereocenters. The number of hydrogen-bond acceptors (Lipinski definition) is 5. The van der Waals surface area contributed by atoms with Crippen molar-refractivity contribution >= 4 is 23.1 Å². The van der Waals surface area contributed by atoms with Crippen molar-refractivity contribution in [3.63, 3.8) is 0 Å². The summed E-state index contributed by atoms with van der Waals surface area (Å²) in [6, 6.07) is 9.52. The molecule has 30 heavy (non-hydrogen) atoms. The van der Waals surface area contributed by atoms with Gasteiger partial charge in [-0.2, -0.15) is 0 Å². The van der Waals surface area contributed by atoms with Crippen molar-refractivity contribution in [3.05, 3.63) is 64.0 Å². The van der Waals surface area contributed by atoms with E-state index in [4.69, 9.17) is 14.5 Å². The second kappa shape index (κ2) is 9.54. The molecule has 3 rings (SSSR count). The van der Waals surface area contributed by atoms with Crippen LogP contribution in [0.3, 0.4) is 0 Å². The Morgan fingerprint density at radius 3 is 2.37 bits per heavy atom. The fraction of sp³-hybridized carbons (Fsp3) is 0.304. The molecule has 2 aromatic carbocycles. The monoisotopic (exact) mass is 411 g/mol. The first-order chi connectivity index (χ1) is 14.4. The zero-order valence-corrected chi connectivity index (χ0v) is 17.7. The summed E-state index contributed by atoms with van der Waals surface area (Å²) in [7, 11) is 7.07. The Kier molecular flexibility index (Phi) is 6.84. The Morgan fingerprint density at radius 1 is 1.07 bits per heavy atom. The fourth-order valence-corrected chi connectivity index (χ4v) is 3.20. The van der Waals surface area contributed by atoms with Crippen LogP contribution in [0.4, 0.5) is 4.39 Å². The van der Waals surface area contributed by atoms with Gasteiger partial charge >= 0.3 is 0 Å². The molecule has 0 aliphatic carbocycles. The lowest BCUT2D eigenvalue weighted by atomic mass is 10.2. The van der Waals surface area contributed by atoms with Gasteiger partial charge in [0.2, 0.25) is 0 Å². The predicted octanol–water partition coefficient (Wildman–Crippen LogP) is 3.67. The molecule has 0 saturated heterocycles. The highest BCUT2D eigenvalue weighted by atomic mass is 19.1. The topological polar surface area (TPSA) is 56.6 Å². The molecule has 0 N–H and O–H groups in total. The summed E-state index contributed by atoms with van der Waals surface area (Å²) >= 11 is 0. The summed E-state index contributed by atoms with van der Waals surface area (Å²) in [6.45, 7) is 1.37. The molecular formula is C23H26FN3O3. The predicted molar refractivity (Wildman–Crippen MR) is 118 cm³/mol. The van der Waals surface area contributed by atoms with Gasteiger partial charge in [-0.1, -0.05) is 18.2 Å². The van der Waals surface area contributed by atoms with E-state index in [9.17, 15) is 9.18 Å². The third-order valence-corrected chi connectivity index (χ3v) is 4.77. The highest BCUT2D eigenvalue weighted by molar-refractivity contribution is 5.83. The minimum atomic E-state index is -0.294. The van der Waals surface area contributed by atoms with Gasteiger partial charge in [0, 0.05) is 12.6 Å². The number of hydrogen-bond donors (Lipinski definition) is 0. The van der Waals surface area contributed by atoms with Crippen molar-refractivity contribution in [1.29, 1.82) is 0 Å². The van der Waals surface area contributed by atoms with E-state index in [2.05, 4.69) is 4.90 Å². The number of benzene rings is 2. The van der Waals surface area contributed by atoms with Crippen LogP contribution in [-0.4, -0.2) is 49.3 Å². The third-order valence-electron chi connectivity index (χ3n) is 4.77. The van der Waals surface area contributed by atoms with E-state index in [1.54, 1.807) is 42.0 Å². The van der Waals surface area contributed by atoms with Crippen LogP contribution < -0.4 is 15.0 Å². The molecule has 0 aliphatic heterocycles. The number of methoxy groups -OCH3 is 2. The minimum Gasteiger partial charge on any atom is -0.493 e. The lowest BCUT2D eigenvalue weighted by Gasteiger charge is -2.15. The smallest absolute Gasteiger partial charge is 0.261 e. The average Bonchev–Trinajstić information content (AvgIpc) is 2.74. The Morgan fingerprint density at radius 2 is 1.73 bits per heavy atom. The van der Waals surface area contributed by atoms with Gasteiger partial charge < -0.3 is 14.4 Å². The highest BCUT2D eigenvalue weighted by Gasteiger charge is 2.14. The Balaban J connectivity index is 2.11. The van der Waals surface area contributed by atoms with E-state index in [1.165, 1.54) is 19.2 Å². The zero-order valence-electron chi connectivity index (χ0n) is 17.7. The van der Waals surface area contributed by atoms with Gasteiger partial charge in [0.05, 0.1) is 25.1 Å². The van der Waals surface area contributed by atoms with Gasteiger partial charge in [0.1, 0.15) is 11.6 Å². The number of nitrogens with zero attached hydrogens (tertiary/aromatic N) is 3. The van der Waals surface area contributed by atoms with Crippen molar-refractivity contribution in [2.45, 2.75) is 13.0 Å². The number of aromatic nitrogens is 2. The SMILES string of the molecule is COc1cc2nc(/C=C/c3ccc(F)cc3)n(CCCN(C)C)c(=O)c2cc1OC. The summed E-state index contributed by atoms with van der Waals surface area (Å²) in [5.74, 6) is 1.23. The molecule has 1 aromatic heterocycles. The summed E-state index contributed by atoms with van der Waals surface area (Å²) in [4.78, 5) is 20.1. The van der Waals surface area contributed by atoms with E-state index < -0.39 is 0 Å². The van der Waals surface area contributed by atoms with Crippen molar-refractivity contribution in [1.82, 2.24) is 14.5 Å². The summed E-state index contributed by atoms with van der Waals surface area (Å²) < 4.78 is 25.5. The number of halogens is 1. The van der Waals surface area contributed by atoms with Crippen LogP contribution in [-0.2, 0) is 6.54 Å². The molecule has 7 heteroatoms. The zero-order chi connectivity index (χ0) is 21.7. The average molecular weight is 411 g/mol. The van der Waals surface area contributed by atoms with E-state index in [1.807, 2.05) is 20.2 Å². The van der Waals surface area contributed by atoms with Gasteiger partial charge in [-0.25, -0.2) is 9.37 Å². The molecule has 6 nitrogen and oxygen atoms in total. The maximum atomic E-state index is 13.3. The van der Waals surface area contributed by atoms with Crippen LogP contribution in [0, 0.1) is 5.82 Å². The molecule has 1 heterocycles. The van der Waals surface area contributed by atoms with E-state index >= 15 is 0 Å². The van der Waals surface area contributed by atoms with Gasteiger partial charge in [0.15, 0.2) is 11.5 Å². The lowest BCUT2D eigenvalue weighted by Crippen LogP contribution is -2.26. The van der Waals surface area contributed by atoms with Crippen molar-refractivity contribution in [2.75, 3.05) is 34.9 Å². The second-order valence-electron chi connectivity index (χ2n) is 7.19. The number of rotatable bonds is 8. The first-order valence-electron chi connectivity index (χ1n) is 9.68. The molecule has 0 spiro atoms. The summed E-state index contributed by atoms with van der Waals surface area (Å²) in [5.41, 5.74) is 1.21. The molecule has 3 aromatic rings. The van der Waals surface area contributed by atoms with Crippen LogP contribution in [0.25, 0.3) is 23.1 Å². The maximum absolute atomic E-state index is 13.3. The molecule has 0 unspecified atom stereocenters. The third kappa shape index (κ3) is 4.86. The van der Waals surface area contributed by atoms with Crippen LogP contribution in [0.5, 0.6) is 11.5 Å². The molecule has 0 bridgehead atoms. The first-order valence-corrected chi connectivity index (χ1v) is 9.68. The molecular weight excluding hydrogens is 385 g/mol. The Bertz CT molecular complexity index is 1110. The standard InChI is InChI=1S/C23H26FN3O3/c1-26(2)12-5-13-27-22(11-8-16-6-9-17(24)10-7-16)25-19-15-21(30-4)20(29-3)14-18(19)23(27)28/h6-11,14-15H,5,12-13H2,1-4H3/b11-8+. The normalized spacial score (nSPS) is 11.5. The van der Waals surface area contributed by atoms with Crippen molar-refractivity contribution < 1.29 is 13.9 Å². The molecule has 158 valence electrons. The van der Waals surface area contributed by atoms with Crippen molar-refractivity contribution in [3.8, 4) is 11.5 Å². The van der Waals surface area contributed by atoms with Gasteiger partial charge in [-0.3, -0.25) is 9.36 Å². The van der Waals surface area contributed by atoms with Crippen LogP contribution >= 0.6 is 0 Å². The van der Waals surface area contributed by atoms with Crippen LogP contribution in [0.2, 0.25) is 0 Å². The minimum absolute atomic E-state index is 0.140. The van der Waals surface area contributed by atoms with E-state index in [0.717, 1.165) is 18.5 Å². The maximum Gasteiger partial charge on any atom is 0.261 e. The highest BCUT2D eigenvalue weighted by Crippen LogP contribution is 2.30. The Hall–Kier alpha value is -3.19. The number of ether oxygens (including phenoxy) is 2. The molecule has 0 fully saturated rings. The number of fused-ring (bicyclic) bond motifs is 1. The van der Waals surface area contributed by atoms with Crippen molar-refractivity contribution in [2.24, 2.45) is 0 Å². The quantitative estimate of drug-likeness (QED) is 0.566. The van der Waals surface area contributed by atoms with Crippen LogP contribution in [0.15, 0.2) is 41.2 Å². The fourth-order valence-electron chi connectivity index (χ4n) is 3.20. The molecule has 0 radical (unpaired) electrons. The summed E-state index contributed by atoms with van der Waals surface area (Å²) in [5, 5.41) is 0.469. The summed E-state index contributed by atoms with van der Waals surface area (Å²) in [6.07, 6.45) is 4.39. The first kappa shape index (κ1) is 21.5. The molecule has 0 aliphatic rings. The van der Waals surface area contributed by atoms with E-state index in [0.29, 0.717) is 34.8 Å². The second-order valence-corrected chi connectivity index (χ2v) is 7.19. The van der Waals surface area contributed by atoms with Gasteiger partial charge in [0.25, 0.3) is 5.56 Å². The largest absolute Gasteiger partial charge is 0.493 e. The van der Waals surface area contributed by atoms with E-state index in [-0.39, 0.29) is 11.4 Å². The van der Waals surface area contributed by atoms with Gasteiger partial charge in [-0.15, -0.1) is 0 Å². The molecule has 0 saturated carbocycles. The van der Waals surface area contributed by atoms with Crippen LogP contribution in [0.1, 0.15) is 17.8 Å². The molecule has 0 amide bonds.